The third-order valence-corrected chi connectivity index (χ3v) is 4.73. The van der Waals surface area contributed by atoms with E-state index in [-0.39, 0.29) is 24.8 Å². The van der Waals surface area contributed by atoms with Crippen molar-refractivity contribution in [2.24, 2.45) is 5.92 Å². The SMILES string of the molecule is CNCCN1C(=O)CC[C@H]2CN(c3ccnc(N)n3)CC[C@H]21.Cl.Cl. The number of aromatic nitrogens is 2. The van der Waals surface area contributed by atoms with E-state index in [0.717, 1.165) is 44.8 Å². The molecule has 2 aliphatic rings. The second-order valence-electron chi connectivity index (χ2n) is 6.06. The maximum absolute atomic E-state index is 12.2. The number of nitrogens with two attached hydrogens (primary N) is 1. The minimum atomic E-state index is 0. The molecule has 3 N–H and O–H groups in total. The van der Waals surface area contributed by atoms with Gasteiger partial charge in [0.25, 0.3) is 0 Å². The Morgan fingerprint density at radius 1 is 1.38 bits per heavy atom. The van der Waals surface area contributed by atoms with Crippen molar-refractivity contribution >= 4 is 42.5 Å². The fourth-order valence-electron chi connectivity index (χ4n) is 3.62. The van der Waals surface area contributed by atoms with Crippen LogP contribution in [-0.4, -0.2) is 60.0 Å². The number of piperidine rings is 2. The summed E-state index contributed by atoms with van der Waals surface area (Å²) in [6.07, 6.45) is 4.32. The van der Waals surface area contributed by atoms with Crippen LogP contribution in [-0.2, 0) is 4.79 Å². The maximum Gasteiger partial charge on any atom is 0.222 e. The molecule has 0 unspecified atom stereocenters. The van der Waals surface area contributed by atoms with Crippen molar-refractivity contribution in [2.45, 2.75) is 25.3 Å². The third kappa shape index (κ3) is 4.40. The summed E-state index contributed by atoms with van der Waals surface area (Å²) in [5.41, 5.74) is 5.68. The normalized spacial score (nSPS) is 23.1. The summed E-state index contributed by atoms with van der Waals surface area (Å²) in [5, 5.41) is 3.14. The lowest BCUT2D eigenvalue weighted by atomic mass is 9.83. The van der Waals surface area contributed by atoms with Crippen LogP contribution in [0, 0.1) is 5.92 Å². The molecule has 1 amide bonds. The number of carbonyl (C=O) groups is 1. The quantitative estimate of drug-likeness (QED) is 0.812. The van der Waals surface area contributed by atoms with Crippen molar-refractivity contribution in [1.29, 1.82) is 0 Å². The molecule has 0 bridgehead atoms. The molecule has 0 aliphatic carbocycles. The fraction of sp³-hybridized carbons (Fsp3) is 0.667. The summed E-state index contributed by atoms with van der Waals surface area (Å²) >= 11 is 0. The van der Waals surface area contributed by atoms with Crippen molar-refractivity contribution in [3.8, 4) is 0 Å². The number of likely N-dealkylation sites (N-methyl/N-ethyl adjacent to an activating group) is 1. The number of fused-ring (bicyclic) bond motifs is 1. The number of halogens is 2. The van der Waals surface area contributed by atoms with Gasteiger partial charge in [-0.2, -0.15) is 4.98 Å². The number of nitrogens with zero attached hydrogens (tertiary/aromatic N) is 4. The lowest BCUT2D eigenvalue weighted by molar-refractivity contribution is -0.139. The second-order valence-corrected chi connectivity index (χ2v) is 6.06. The van der Waals surface area contributed by atoms with Gasteiger partial charge < -0.3 is 20.9 Å². The molecule has 1 aromatic heterocycles. The van der Waals surface area contributed by atoms with E-state index in [1.54, 1.807) is 6.20 Å². The van der Waals surface area contributed by atoms with Crippen molar-refractivity contribution in [1.82, 2.24) is 20.2 Å². The van der Waals surface area contributed by atoms with E-state index < -0.39 is 0 Å². The summed E-state index contributed by atoms with van der Waals surface area (Å²) in [5.74, 6) is 2.02. The highest BCUT2D eigenvalue weighted by atomic mass is 35.5. The van der Waals surface area contributed by atoms with Crippen molar-refractivity contribution in [3.05, 3.63) is 12.3 Å². The summed E-state index contributed by atoms with van der Waals surface area (Å²) in [6, 6.07) is 2.27. The Morgan fingerprint density at radius 2 is 2.17 bits per heavy atom. The van der Waals surface area contributed by atoms with Crippen LogP contribution in [0.5, 0.6) is 0 Å². The van der Waals surface area contributed by atoms with Crippen LogP contribution in [0.1, 0.15) is 19.3 Å². The molecule has 1 aromatic rings. The van der Waals surface area contributed by atoms with E-state index in [1.807, 2.05) is 13.1 Å². The maximum atomic E-state index is 12.2. The molecule has 7 nitrogen and oxygen atoms in total. The number of nitrogens with one attached hydrogen (secondary N) is 1. The number of hydrogen-bond donors (Lipinski definition) is 2. The first-order valence-corrected chi connectivity index (χ1v) is 7.96. The number of anilines is 2. The highest BCUT2D eigenvalue weighted by Crippen LogP contribution is 2.32. The summed E-state index contributed by atoms with van der Waals surface area (Å²) in [6.45, 7) is 3.49. The van der Waals surface area contributed by atoms with E-state index >= 15 is 0 Å². The summed E-state index contributed by atoms with van der Waals surface area (Å²) < 4.78 is 0. The third-order valence-electron chi connectivity index (χ3n) is 4.73. The predicted octanol–water partition coefficient (Wildman–Crippen LogP) is 0.939. The van der Waals surface area contributed by atoms with Crippen LogP contribution in [0.4, 0.5) is 11.8 Å². The average molecular weight is 377 g/mol. The van der Waals surface area contributed by atoms with Gasteiger partial charge in [0.1, 0.15) is 5.82 Å². The van der Waals surface area contributed by atoms with Crippen LogP contribution in [0.15, 0.2) is 12.3 Å². The van der Waals surface area contributed by atoms with Gasteiger partial charge in [0.15, 0.2) is 0 Å². The Bertz CT molecular complexity index is 546. The van der Waals surface area contributed by atoms with E-state index in [4.69, 9.17) is 5.73 Å². The Hall–Kier alpha value is -1.31. The predicted molar refractivity (Wildman–Crippen MR) is 99.9 cm³/mol. The Kier molecular flexibility index (Phi) is 7.99. The molecule has 2 aliphatic heterocycles. The first kappa shape index (κ1) is 20.7. The van der Waals surface area contributed by atoms with E-state index in [2.05, 4.69) is 25.1 Å². The zero-order chi connectivity index (χ0) is 15.5. The minimum absolute atomic E-state index is 0. The number of hydrogen-bond acceptors (Lipinski definition) is 6. The molecule has 0 spiro atoms. The van der Waals surface area contributed by atoms with Crippen LogP contribution in [0.3, 0.4) is 0 Å². The smallest absolute Gasteiger partial charge is 0.222 e. The number of nitrogen functional groups attached to an aromatic ring is 1. The van der Waals surface area contributed by atoms with Crippen molar-refractivity contribution < 1.29 is 4.79 Å². The largest absolute Gasteiger partial charge is 0.368 e. The molecule has 0 aromatic carbocycles. The monoisotopic (exact) mass is 376 g/mol. The number of likely N-dealkylation sites (tertiary alicyclic amines) is 1. The molecule has 3 heterocycles. The average Bonchev–Trinajstić information content (AvgIpc) is 2.53. The van der Waals surface area contributed by atoms with Crippen LogP contribution >= 0.6 is 24.8 Å². The molecule has 24 heavy (non-hydrogen) atoms. The second kappa shape index (κ2) is 9.25. The zero-order valence-electron chi connectivity index (χ0n) is 13.9. The molecule has 2 atom stereocenters. The van der Waals surface area contributed by atoms with Gasteiger partial charge >= 0.3 is 0 Å². The topological polar surface area (TPSA) is 87.4 Å². The first-order chi connectivity index (χ1) is 10.7. The van der Waals surface area contributed by atoms with Crippen LogP contribution < -0.4 is 16.0 Å². The van der Waals surface area contributed by atoms with Crippen molar-refractivity contribution in [2.75, 3.05) is 43.9 Å². The summed E-state index contributed by atoms with van der Waals surface area (Å²) in [4.78, 5) is 24.8. The molecule has 0 saturated carbocycles. The summed E-state index contributed by atoms with van der Waals surface area (Å²) in [7, 11) is 1.92. The number of carbonyl (C=O) groups excluding carboxylic acids is 1. The molecule has 9 heteroatoms. The standard InChI is InChI=1S/C15H24N6O.2ClH/c1-17-7-9-21-12-5-8-20(10-11(12)2-3-14(21)22)13-4-6-18-15(16)19-13;;/h4,6,11-12,17H,2-3,5,7-10H2,1H3,(H2,16,18,19);2*1H/t11-,12+;;/m0../s1. The molecular formula is C15H26Cl2N6O. The number of rotatable bonds is 4. The van der Waals surface area contributed by atoms with Gasteiger partial charge in [-0.1, -0.05) is 0 Å². The highest BCUT2D eigenvalue weighted by Gasteiger charge is 2.39. The van der Waals surface area contributed by atoms with Gasteiger partial charge in [0.2, 0.25) is 11.9 Å². The van der Waals surface area contributed by atoms with Gasteiger partial charge in [-0.3, -0.25) is 4.79 Å². The van der Waals surface area contributed by atoms with Gasteiger partial charge in [-0.15, -0.1) is 24.8 Å². The Morgan fingerprint density at radius 3 is 2.88 bits per heavy atom. The van der Waals surface area contributed by atoms with Gasteiger partial charge in [0.05, 0.1) is 0 Å². The molecule has 0 radical (unpaired) electrons. The molecule has 136 valence electrons. The van der Waals surface area contributed by atoms with E-state index in [9.17, 15) is 4.79 Å². The molecule has 3 rings (SSSR count). The van der Waals surface area contributed by atoms with Crippen LogP contribution in [0.25, 0.3) is 0 Å². The first-order valence-electron chi connectivity index (χ1n) is 7.96. The Balaban J connectivity index is 0.00000144. The van der Waals surface area contributed by atoms with E-state index in [0.29, 0.717) is 30.2 Å². The molecule has 2 saturated heterocycles. The zero-order valence-corrected chi connectivity index (χ0v) is 15.5. The highest BCUT2D eigenvalue weighted by molar-refractivity contribution is 5.85. The Labute approximate surface area is 155 Å². The van der Waals surface area contributed by atoms with Crippen LogP contribution in [0.2, 0.25) is 0 Å². The minimum Gasteiger partial charge on any atom is -0.368 e. The van der Waals surface area contributed by atoms with E-state index in [1.165, 1.54) is 0 Å². The lowest BCUT2D eigenvalue weighted by Gasteiger charge is -2.47. The molecular weight excluding hydrogens is 351 g/mol. The van der Waals surface area contributed by atoms with Gasteiger partial charge in [0, 0.05) is 44.8 Å². The lowest BCUT2D eigenvalue weighted by Crippen LogP contribution is -2.57. The van der Waals surface area contributed by atoms with Gasteiger partial charge in [-0.25, -0.2) is 4.98 Å². The van der Waals surface area contributed by atoms with Gasteiger partial charge in [-0.05, 0) is 31.9 Å². The fourth-order valence-corrected chi connectivity index (χ4v) is 3.62. The number of amides is 1. The van der Waals surface area contributed by atoms with Crippen molar-refractivity contribution in [3.63, 3.8) is 0 Å². The molecule has 2 fully saturated rings.